The van der Waals surface area contributed by atoms with Crippen LogP contribution < -0.4 is 10.6 Å². The molecule has 0 aliphatic carbocycles. The van der Waals surface area contributed by atoms with E-state index in [0.717, 1.165) is 48.6 Å². The minimum Gasteiger partial charge on any atom is -0.376 e. The fourth-order valence-corrected chi connectivity index (χ4v) is 3.26. The standard InChI is InChI=1S/C13H18N4OS/c1-2-17(8-9-4-3-6-18-9)11-10-5-7-19-12(10)16-13(14)15-11/h5,7,9H,2-4,6,8H2,1H3,(H2,14,15,16). The van der Waals surface area contributed by atoms with E-state index >= 15 is 0 Å². The second kappa shape index (κ2) is 5.30. The van der Waals surface area contributed by atoms with Gasteiger partial charge in [-0.1, -0.05) is 0 Å². The number of anilines is 2. The second-order valence-electron chi connectivity index (χ2n) is 4.72. The van der Waals surface area contributed by atoms with Gasteiger partial charge < -0.3 is 15.4 Å². The van der Waals surface area contributed by atoms with Gasteiger partial charge in [0.15, 0.2) is 0 Å². The molecule has 1 unspecified atom stereocenters. The fraction of sp³-hybridized carbons (Fsp3) is 0.538. The number of fused-ring (bicyclic) bond motifs is 1. The summed E-state index contributed by atoms with van der Waals surface area (Å²) in [5.41, 5.74) is 5.81. The van der Waals surface area contributed by atoms with Crippen LogP contribution in [0.5, 0.6) is 0 Å². The Hall–Kier alpha value is -1.40. The smallest absolute Gasteiger partial charge is 0.223 e. The van der Waals surface area contributed by atoms with E-state index in [1.165, 1.54) is 0 Å². The number of nitrogens with zero attached hydrogens (tertiary/aromatic N) is 3. The van der Waals surface area contributed by atoms with Crippen molar-refractivity contribution in [3.63, 3.8) is 0 Å². The topological polar surface area (TPSA) is 64.3 Å². The van der Waals surface area contributed by atoms with Crippen molar-refractivity contribution in [2.75, 3.05) is 30.3 Å². The molecule has 0 saturated carbocycles. The summed E-state index contributed by atoms with van der Waals surface area (Å²) in [6.45, 7) is 4.77. The van der Waals surface area contributed by atoms with Gasteiger partial charge >= 0.3 is 0 Å². The van der Waals surface area contributed by atoms with Gasteiger partial charge in [-0.2, -0.15) is 4.98 Å². The molecule has 1 aliphatic heterocycles. The molecule has 0 radical (unpaired) electrons. The van der Waals surface area contributed by atoms with Crippen LogP contribution in [-0.4, -0.2) is 35.8 Å². The lowest BCUT2D eigenvalue weighted by molar-refractivity contribution is 0.115. The van der Waals surface area contributed by atoms with Crippen molar-refractivity contribution < 1.29 is 4.74 Å². The molecule has 0 aromatic carbocycles. The summed E-state index contributed by atoms with van der Waals surface area (Å²) < 4.78 is 5.72. The van der Waals surface area contributed by atoms with Crippen LogP contribution >= 0.6 is 11.3 Å². The van der Waals surface area contributed by atoms with Crippen molar-refractivity contribution in [3.05, 3.63) is 11.4 Å². The van der Waals surface area contributed by atoms with Crippen molar-refractivity contribution >= 4 is 33.3 Å². The molecule has 102 valence electrons. The van der Waals surface area contributed by atoms with E-state index in [1.54, 1.807) is 11.3 Å². The Labute approximate surface area is 116 Å². The summed E-state index contributed by atoms with van der Waals surface area (Å²) in [5, 5.41) is 3.11. The van der Waals surface area contributed by atoms with E-state index in [2.05, 4.69) is 27.9 Å². The van der Waals surface area contributed by atoms with Crippen molar-refractivity contribution in [2.24, 2.45) is 0 Å². The summed E-state index contributed by atoms with van der Waals surface area (Å²) in [6.07, 6.45) is 2.59. The Morgan fingerprint density at radius 3 is 3.16 bits per heavy atom. The highest BCUT2D eigenvalue weighted by molar-refractivity contribution is 7.16. The van der Waals surface area contributed by atoms with Crippen molar-refractivity contribution in [2.45, 2.75) is 25.9 Å². The maximum Gasteiger partial charge on any atom is 0.223 e. The molecule has 2 N–H and O–H groups in total. The highest BCUT2D eigenvalue weighted by Gasteiger charge is 2.21. The Morgan fingerprint density at radius 1 is 1.53 bits per heavy atom. The first-order valence-electron chi connectivity index (χ1n) is 6.65. The zero-order valence-corrected chi connectivity index (χ0v) is 11.8. The van der Waals surface area contributed by atoms with E-state index < -0.39 is 0 Å². The molecular formula is C13H18N4OS. The highest BCUT2D eigenvalue weighted by atomic mass is 32.1. The van der Waals surface area contributed by atoms with E-state index in [9.17, 15) is 0 Å². The van der Waals surface area contributed by atoms with E-state index in [-0.39, 0.29) is 0 Å². The number of aromatic nitrogens is 2. The Morgan fingerprint density at radius 2 is 2.42 bits per heavy atom. The number of nitrogens with two attached hydrogens (primary N) is 1. The van der Waals surface area contributed by atoms with Gasteiger partial charge in [0.2, 0.25) is 5.95 Å². The molecule has 5 nitrogen and oxygen atoms in total. The third kappa shape index (κ3) is 2.50. The van der Waals surface area contributed by atoms with Crippen LogP contribution in [0.1, 0.15) is 19.8 Å². The van der Waals surface area contributed by atoms with Crippen molar-refractivity contribution in [1.29, 1.82) is 0 Å². The minimum atomic E-state index is 0.310. The quantitative estimate of drug-likeness (QED) is 0.929. The molecule has 6 heteroatoms. The average molecular weight is 278 g/mol. The third-order valence-electron chi connectivity index (χ3n) is 3.45. The van der Waals surface area contributed by atoms with Crippen molar-refractivity contribution in [1.82, 2.24) is 9.97 Å². The predicted molar refractivity (Wildman–Crippen MR) is 78.7 cm³/mol. The predicted octanol–water partition coefficient (Wildman–Crippen LogP) is 2.28. The molecule has 0 spiro atoms. The molecule has 2 aromatic heterocycles. The van der Waals surface area contributed by atoms with Gasteiger partial charge in [0.25, 0.3) is 0 Å². The maximum atomic E-state index is 5.81. The molecule has 1 aliphatic rings. The van der Waals surface area contributed by atoms with Gasteiger partial charge in [-0.15, -0.1) is 11.3 Å². The molecule has 1 saturated heterocycles. The summed E-state index contributed by atoms with van der Waals surface area (Å²) in [4.78, 5) is 11.9. The number of likely N-dealkylation sites (N-methyl/N-ethyl adjacent to an activating group) is 1. The lowest BCUT2D eigenvalue weighted by Crippen LogP contribution is -2.33. The average Bonchev–Trinajstić information content (AvgIpc) is 3.05. The lowest BCUT2D eigenvalue weighted by atomic mass is 10.2. The van der Waals surface area contributed by atoms with Crippen LogP contribution in [0.3, 0.4) is 0 Å². The van der Waals surface area contributed by atoms with E-state index in [1.807, 2.05) is 5.38 Å². The number of rotatable bonds is 4. The fourth-order valence-electron chi connectivity index (χ4n) is 2.50. The first kappa shape index (κ1) is 12.6. The molecule has 0 amide bonds. The molecule has 2 aromatic rings. The van der Waals surface area contributed by atoms with Gasteiger partial charge in [0.1, 0.15) is 10.6 Å². The first-order chi connectivity index (χ1) is 9.28. The van der Waals surface area contributed by atoms with Crippen LogP contribution in [-0.2, 0) is 4.74 Å². The minimum absolute atomic E-state index is 0.310. The number of thiophene rings is 1. The lowest BCUT2D eigenvalue weighted by Gasteiger charge is -2.25. The summed E-state index contributed by atoms with van der Waals surface area (Å²) >= 11 is 1.60. The largest absolute Gasteiger partial charge is 0.376 e. The van der Waals surface area contributed by atoms with E-state index in [0.29, 0.717) is 12.1 Å². The van der Waals surface area contributed by atoms with Crippen LogP contribution in [0.4, 0.5) is 11.8 Å². The van der Waals surface area contributed by atoms with Crippen LogP contribution in [0.15, 0.2) is 11.4 Å². The zero-order valence-electron chi connectivity index (χ0n) is 11.0. The number of hydrogen-bond acceptors (Lipinski definition) is 6. The molecule has 3 heterocycles. The maximum absolute atomic E-state index is 5.81. The summed E-state index contributed by atoms with van der Waals surface area (Å²) in [6, 6.07) is 2.06. The molecule has 3 rings (SSSR count). The third-order valence-corrected chi connectivity index (χ3v) is 4.26. The zero-order chi connectivity index (χ0) is 13.2. The number of ether oxygens (including phenoxy) is 1. The molecule has 1 atom stereocenters. The van der Waals surface area contributed by atoms with Crippen LogP contribution in [0, 0.1) is 0 Å². The number of hydrogen-bond donors (Lipinski definition) is 1. The molecule has 19 heavy (non-hydrogen) atoms. The van der Waals surface area contributed by atoms with Gasteiger partial charge in [0.05, 0.1) is 11.5 Å². The molecule has 0 bridgehead atoms. The Balaban J connectivity index is 1.93. The Kier molecular flexibility index (Phi) is 3.52. The van der Waals surface area contributed by atoms with Crippen LogP contribution in [0.25, 0.3) is 10.2 Å². The number of nitrogen functional groups attached to an aromatic ring is 1. The van der Waals surface area contributed by atoms with Crippen molar-refractivity contribution in [3.8, 4) is 0 Å². The van der Waals surface area contributed by atoms with E-state index in [4.69, 9.17) is 10.5 Å². The second-order valence-corrected chi connectivity index (χ2v) is 5.61. The van der Waals surface area contributed by atoms with Gasteiger partial charge in [0, 0.05) is 19.7 Å². The molecular weight excluding hydrogens is 260 g/mol. The monoisotopic (exact) mass is 278 g/mol. The normalized spacial score (nSPS) is 19.1. The SMILES string of the molecule is CCN(CC1CCCO1)c1nc(N)nc2sccc12. The van der Waals surface area contributed by atoms with Gasteiger partial charge in [-0.25, -0.2) is 4.98 Å². The summed E-state index contributed by atoms with van der Waals surface area (Å²) in [7, 11) is 0. The Bertz CT molecular complexity index is 565. The molecule has 1 fully saturated rings. The van der Waals surface area contributed by atoms with Gasteiger partial charge in [-0.3, -0.25) is 0 Å². The van der Waals surface area contributed by atoms with Gasteiger partial charge in [-0.05, 0) is 31.2 Å². The highest BCUT2D eigenvalue weighted by Crippen LogP contribution is 2.29. The summed E-state index contributed by atoms with van der Waals surface area (Å²) in [5.74, 6) is 1.28. The van der Waals surface area contributed by atoms with Crippen LogP contribution in [0.2, 0.25) is 0 Å². The first-order valence-corrected chi connectivity index (χ1v) is 7.53.